The monoisotopic (exact) mass is 431 g/mol. The fourth-order valence-electron chi connectivity index (χ4n) is 3.85. The lowest BCUT2D eigenvalue weighted by Crippen LogP contribution is -2.40. The van der Waals surface area contributed by atoms with Gasteiger partial charge in [-0.1, -0.05) is 30.3 Å². The molecule has 0 spiro atoms. The van der Waals surface area contributed by atoms with Gasteiger partial charge in [-0.05, 0) is 67.6 Å². The minimum absolute atomic E-state index is 0.137. The fourth-order valence-corrected chi connectivity index (χ4v) is 3.85. The predicted octanol–water partition coefficient (Wildman–Crippen LogP) is 4.64. The Kier molecular flexibility index (Phi) is 6.92. The number of benzene rings is 3. The number of nitrogens with two attached hydrogens (primary N) is 2. The van der Waals surface area contributed by atoms with Crippen LogP contribution in [0.15, 0.2) is 72.8 Å². The van der Waals surface area contributed by atoms with E-state index in [1.54, 1.807) is 18.2 Å². The number of nitrogen functional groups attached to an aromatic ring is 1. The largest absolute Gasteiger partial charge is 0.489 e. The summed E-state index contributed by atoms with van der Waals surface area (Å²) in [6.07, 6.45) is 3.64. The number of rotatable bonds is 7. The van der Waals surface area contributed by atoms with E-state index in [0.717, 1.165) is 31.2 Å². The number of carbonyl (C=O) groups excluding carboxylic acids is 1. The van der Waals surface area contributed by atoms with Gasteiger partial charge in [0, 0.05) is 29.4 Å². The van der Waals surface area contributed by atoms with Crippen LogP contribution in [-0.4, -0.2) is 18.0 Å². The zero-order chi connectivity index (χ0) is 22.3. The number of hydrogen-bond acceptors (Lipinski definition) is 5. The van der Waals surface area contributed by atoms with Crippen LogP contribution in [0.4, 0.5) is 5.69 Å². The highest BCUT2D eigenvalue weighted by molar-refractivity contribution is 5.95. The molecule has 0 aromatic heterocycles. The molecule has 1 aliphatic carbocycles. The van der Waals surface area contributed by atoms with Crippen molar-refractivity contribution in [2.75, 3.05) is 5.73 Å². The van der Waals surface area contributed by atoms with E-state index >= 15 is 0 Å². The third kappa shape index (κ3) is 6.02. The first kappa shape index (κ1) is 21.7. The number of hydrogen-bond donors (Lipinski definition) is 3. The summed E-state index contributed by atoms with van der Waals surface area (Å²) in [5.74, 6) is 1.64. The first-order chi connectivity index (χ1) is 15.5. The van der Waals surface area contributed by atoms with Gasteiger partial charge in [-0.15, -0.1) is 0 Å². The van der Waals surface area contributed by atoms with Crippen LogP contribution < -0.4 is 26.3 Å². The van der Waals surface area contributed by atoms with Gasteiger partial charge in [0.1, 0.15) is 23.9 Å². The van der Waals surface area contributed by atoms with Crippen LogP contribution >= 0.6 is 0 Å². The zero-order valence-electron chi connectivity index (χ0n) is 18.0. The minimum atomic E-state index is -0.141. The lowest BCUT2D eigenvalue weighted by molar-refractivity contribution is 0.0925. The smallest absolute Gasteiger partial charge is 0.251 e. The number of nitrogens with one attached hydrogen (secondary N) is 1. The molecular weight excluding hydrogens is 402 g/mol. The number of para-hydroxylation sites is 1. The molecule has 1 saturated carbocycles. The van der Waals surface area contributed by atoms with Crippen molar-refractivity contribution in [1.82, 2.24) is 5.32 Å². The topological polar surface area (TPSA) is 99.6 Å². The predicted molar refractivity (Wildman–Crippen MR) is 126 cm³/mol. The third-order valence-corrected chi connectivity index (χ3v) is 5.58. The summed E-state index contributed by atoms with van der Waals surface area (Å²) in [5, 5.41) is 3.13. The van der Waals surface area contributed by atoms with E-state index < -0.39 is 0 Å². The highest BCUT2D eigenvalue weighted by Gasteiger charge is 2.21. The molecule has 0 saturated heterocycles. The molecular formula is C26H29N3O3. The molecule has 5 N–H and O–H groups in total. The molecule has 166 valence electrons. The van der Waals surface area contributed by atoms with E-state index in [1.165, 1.54) is 0 Å². The minimum Gasteiger partial charge on any atom is -0.489 e. The number of amides is 1. The van der Waals surface area contributed by atoms with E-state index in [1.807, 2.05) is 54.6 Å². The molecule has 0 heterocycles. The molecule has 0 bridgehead atoms. The van der Waals surface area contributed by atoms with E-state index in [9.17, 15) is 4.79 Å². The molecule has 6 nitrogen and oxygen atoms in total. The molecule has 0 radical (unpaired) electrons. The number of anilines is 1. The molecule has 1 aliphatic rings. The Hall–Kier alpha value is -3.51. The summed E-state index contributed by atoms with van der Waals surface area (Å²) in [4.78, 5) is 13.0. The molecule has 0 aliphatic heterocycles. The number of ether oxygens (including phenoxy) is 2. The molecule has 6 heteroatoms. The van der Waals surface area contributed by atoms with Crippen molar-refractivity contribution in [1.29, 1.82) is 0 Å². The Labute approximate surface area is 188 Å². The summed E-state index contributed by atoms with van der Waals surface area (Å²) in [5.41, 5.74) is 14.0. The quantitative estimate of drug-likeness (QED) is 0.473. The van der Waals surface area contributed by atoms with Crippen LogP contribution in [0.3, 0.4) is 0 Å². The Balaban J connectivity index is 1.52. The van der Waals surface area contributed by atoms with Crippen LogP contribution in [0.1, 0.15) is 41.6 Å². The van der Waals surface area contributed by atoms with Gasteiger partial charge in [-0.25, -0.2) is 0 Å². The SMILES string of the molecule is Nc1cccc(COc2cc(Oc3ccccc3)cc(C(=O)NC3CCC(N)CC3)c2)c1. The summed E-state index contributed by atoms with van der Waals surface area (Å²) in [6.45, 7) is 0.335. The standard InChI is InChI=1S/C26H29N3O3/c27-20-9-11-22(12-10-20)29-26(30)19-14-24(31-17-18-5-4-6-21(28)13-18)16-25(15-19)32-23-7-2-1-3-8-23/h1-8,13-16,20,22H,9-12,17,27-28H2,(H,29,30). The molecule has 32 heavy (non-hydrogen) atoms. The Morgan fingerprint density at radius 1 is 0.875 bits per heavy atom. The molecule has 3 aromatic rings. The van der Waals surface area contributed by atoms with Crippen molar-refractivity contribution in [3.63, 3.8) is 0 Å². The summed E-state index contributed by atoms with van der Waals surface area (Å²) in [6, 6.07) is 22.6. The van der Waals surface area contributed by atoms with Gasteiger partial charge in [0.15, 0.2) is 0 Å². The van der Waals surface area contributed by atoms with Crippen molar-refractivity contribution in [3.8, 4) is 17.2 Å². The average Bonchev–Trinajstić information content (AvgIpc) is 2.80. The second-order valence-corrected chi connectivity index (χ2v) is 8.23. The molecule has 3 aromatic carbocycles. The first-order valence-corrected chi connectivity index (χ1v) is 11.0. The second kappa shape index (κ2) is 10.2. The van der Waals surface area contributed by atoms with Crippen molar-refractivity contribution < 1.29 is 14.3 Å². The molecule has 1 amide bonds. The van der Waals surface area contributed by atoms with E-state index in [-0.39, 0.29) is 18.0 Å². The molecule has 4 rings (SSSR count). The molecule has 0 unspecified atom stereocenters. The van der Waals surface area contributed by atoms with Crippen LogP contribution in [0.5, 0.6) is 17.2 Å². The van der Waals surface area contributed by atoms with Crippen LogP contribution in [0.2, 0.25) is 0 Å². The highest BCUT2D eigenvalue weighted by atomic mass is 16.5. The van der Waals surface area contributed by atoms with Gasteiger partial charge in [0.2, 0.25) is 0 Å². The van der Waals surface area contributed by atoms with Gasteiger partial charge in [-0.2, -0.15) is 0 Å². The van der Waals surface area contributed by atoms with Gasteiger partial charge < -0.3 is 26.3 Å². The Bertz CT molecular complexity index is 1050. The normalized spacial score (nSPS) is 18.0. The lowest BCUT2D eigenvalue weighted by Gasteiger charge is -2.26. The molecule has 0 atom stereocenters. The highest BCUT2D eigenvalue weighted by Crippen LogP contribution is 2.28. The lowest BCUT2D eigenvalue weighted by atomic mass is 9.91. The van der Waals surface area contributed by atoms with Crippen molar-refractivity contribution in [2.45, 2.75) is 44.4 Å². The van der Waals surface area contributed by atoms with Gasteiger partial charge in [0.05, 0.1) is 0 Å². The average molecular weight is 432 g/mol. The summed E-state index contributed by atoms with van der Waals surface area (Å²) < 4.78 is 12.0. The second-order valence-electron chi connectivity index (χ2n) is 8.23. The van der Waals surface area contributed by atoms with Crippen LogP contribution in [0.25, 0.3) is 0 Å². The zero-order valence-corrected chi connectivity index (χ0v) is 18.0. The van der Waals surface area contributed by atoms with Gasteiger partial charge >= 0.3 is 0 Å². The number of carbonyl (C=O) groups is 1. The Morgan fingerprint density at radius 2 is 1.62 bits per heavy atom. The summed E-state index contributed by atoms with van der Waals surface area (Å²) >= 11 is 0. The maximum absolute atomic E-state index is 13.0. The van der Waals surface area contributed by atoms with Gasteiger partial charge in [-0.3, -0.25) is 4.79 Å². The first-order valence-electron chi connectivity index (χ1n) is 11.0. The van der Waals surface area contributed by atoms with Crippen molar-refractivity contribution in [2.24, 2.45) is 5.73 Å². The third-order valence-electron chi connectivity index (χ3n) is 5.58. The molecule has 1 fully saturated rings. The summed E-state index contributed by atoms with van der Waals surface area (Å²) in [7, 11) is 0. The Morgan fingerprint density at radius 3 is 2.38 bits per heavy atom. The van der Waals surface area contributed by atoms with Crippen LogP contribution in [-0.2, 0) is 6.61 Å². The van der Waals surface area contributed by atoms with E-state index in [0.29, 0.717) is 35.1 Å². The fraction of sp³-hybridized carbons (Fsp3) is 0.269. The maximum Gasteiger partial charge on any atom is 0.251 e. The van der Waals surface area contributed by atoms with E-state index in [4.69, 9.17) is 20.9 Å². The van der Waals surface area contributed by atoms with Crippen molar-refractivity contribution in [3.05, 3.63) is 83.9 Å². The maximum atomic E-state index is 13.0. The van der Waals surface area contributed by atoms with E-state index in [2.05, 4.69) is 5.32 Å². The van der Waals surface area contributed by atoms with Crippen molar-refractivity contribution >= 4 is 11.6 Å². The van der Waals surface area contributed by atoms with Gasteiger partial charge in [0.25, 0.3) is 5.91 Å². The van der Waals surface area contributed by atoms with Crippen LogP contribution in [0, 0.1) is 0 Å².